The molecule has 2 aromatic heterocycles. The van der Waals surface area contributed by atoms with Crippen LogP contribution in [0.15, 0.2) is 23.3 Å². The van der Waals surface area contributed by atoms with Crippen LogP contribution in [0.2, 0.25) is 0 Å². The highest BCUT2D eigenvalue weighted by Crippen LogP contribution is 2.22. The Morgan fingerprint density at radius 2 is 2.00 bits per heavy atom. The second kappa shape index (κ2) is 7.15. The van der Waals surface area contributed by atoms with Crippen molar-refractivity contribution in [3.8, 4) is 0 Å². The van der Waals surface area contributed by atoms with E-state index in [2.05, 4.69) is 20.0 Å². The molecule has 1 aliphatic carbocycles. The summed E-state index contributed by atoms with van der Waals surface area (Å²) in [5.74, 6) is 0.723. The van der Waals surface area contributed by atoms with Crippen molar-refractivity contribution in [3.63, 3.8) is 0 Å². The van der Waals surface area contributed by atoms with Crippen LogP contribution in [0.25, 0.3) is 0 Å². The quantitative estimate of drug-likeness (QED) is 0.805. The first-order valence-corrected chi connectivity index (χ1v) is 9.42. The topological polar surface area (TPSA) is 67.2 Å². The summed E-state index contributed by atoms with van der Waals surface area (Å²) < 4.78 is 1.68. The van der Waals surface area contributed by atoms with Crippen molar-refractivity contribution in [3.05, 3.63) is 45.6 Å². The van der Waals surface area contributed by atoms with E-state index < -0.39 is 0 Å². The fourth-order valence-corrected chi connectivity index (χ4v) is 3.97. The van der Waals surface area contributed by atoms with Crippen LogP contribution in [-0.2, 0) is 25.9 Å². The molecule has 0 N–H and O–H groups in total. The zero-order chi connectivity index (χ0) is 18.1. The van der Waals surface area contributed by atoms with Crippen LogP contribution in [0.1, 0.15) is 36.1 Å². The van der Waals surface area contributed by atoms with Crippen molar-refractivity contribution in [1.82, 2.24) is 24.6 Å². The minimum absolute atomic E-state index is 0.0381. The van der Waals surface area contributed by atoms with Gasteiger partial charge in [0.2, 0.25) is 5.95 Å². The average molecular weight is 354 g/mol. The molecular formula is C19H26N6O. The van der Waals surface area contributed by atoms with Gasteiger partial charge in [-0.2, -0.15) is 5.10 Å². The molecule has 138 valence electrons. The van der Waals surface area contributed by atoms with Gasteiger partial charge in [-0.25, -0.2) is 14.6 Å². The Morgan fingerprint density at radius 1 is 1.19 bits per heavy atom. The van der Waals surface area contributed by atoms with Crippen molar-refractivity contribution < 1.29 is 0 Å². The Kier molecular flexibility index (Phi) is 4.72. The minimum Gasteiger partial charge on any atom is -0.347 e. The summed E-state index contributed by atoms with van der Waals surface area (Å²) in [7, 11) is 3.87. The van der Waals surface area contributed by atoms with E-state index in [4.69, 9.17) is 0 Å². The summed E-state index contributed by atoms with van der Waals surface area (Å²) in [5, 5.41) is 4.64. The minimum atomic E-state index is 0.0381. The lowest BCUT2D eigenvalue weighted by molar-refractivity contribution is 0.216. The lowest BCUT2D eigenvalue weighted by Crippen LogP contribution is -2.37. The third kappa shape index (κ3) is 3.49. The molecule has 26 heavy (non-hydrogen) atoms. The number of aromatic nitrogens is 4. The molecule has 0 aromatic carbocycles. The first kappa shape index (κ1) is 17.1. The molecular weight excluding hydrogens is 328 g/mol. The van der Waals surface area contributed by atoms with Crippen LogP contribution in [-0.4, -0.2) is 51.3 Å². The molecule has 0 radical (unpaired) electrons. The largest absolute Gasteiger partial charge is 0.347 e. The highest BCUT2D eigenvalue weighted by molar-refractivity contribution is 5.26. The van der Waals surface area contributed by atoms with E-state index in [-0.39, 0.29) is 5.56 Å². The standard InChI is InChI=1S/C19H26N6O/c1-23(2)19-20-10-14(11-21-19)12-24-8-4-6-16(24)13-25-18(26)9-15-5-3-7-17(15)22-25/h9-11,16H,3-8,12-13H2,1-2H3. The van der Waals surface area contributed by atoms with Gasteiger partial charge in [0, 0.05) is 50.7 Å². The second-order valence-corrected chi connectivity index (χ2v) is 7.54. The summed E-state index contributed by atoms with van der Waals surface area (Å²) >= 11 is 0. The van der Waals surface area contributed by atoms with Crippen LogP contribution in [0.5, 0.6) is 0 Å². The molecule has 1 aliphatic heterocycles. The molecule has 7 heteroatoms. The molecule has 0 spiro atoms. The maximum Gasteiger partial charge on any atom is 0.267 e. The number of nitrogens with zero attached hydrogens (tertiary/aromatic N) is 6. The van der Waals surface area contributed by atoms with E-state index in [1.54, 1.807) is 10.7 Å². The van der Waals surface area contributed by atoms with E-state index in [1.807, 2.05) is 31.4 Å². The van der Waals surface area contributed by atoms with Crippen molar-refractivity contribution in [2.75, 3.05) is 25.5 Å². The maximum atomic E-state index is 12.4. The van der Waals surface area contributed by atoms with E-state index >= 15 is 0 Å². The van der Waals surface area contributed by atoms with Gasteiger partial charge >= 0.3 is 0 Å². The van der Waals surface area contributed by atoms with Crippen LogP contribution >= 0.6 is 0 Å². The van der Waals surface area contributed by atoms with Gasteiger partial charge in [0.25, 0.3) is 5.56 Å². The van der Waals surface area contributed by atoms with E-state index in [0.717, 1.165) is 68.0 Å². The zero-order valence-corrected chi connectivity index (χ0v) is 15.6. The number of hydrogen-bond acceptors (Lipinski definition) is 6. The third-order valence-corrected chi connectivity index (χ3v) is 5.38. The van der Waals surface area contributed by atoms with Crippen LogP contribution < -0.4 is 10.5 Å². The van der Waals surface area contributed by atoms with Gasteiger partial charge in [-0.15, -0.1) is 0 Å². The van der Waals surface area contributed by atoms with E-state index in [9.17, 15) is 4.79 Å². The summed E-state index contributed by atoms with van der Waals surface area (Å²) in [6.07, 6.45) is 9.17. The second-order valence-electron chi connectivity index (χ2n) is 7.54. The van der Waals surface area contributed by atoms with Gasteiger partial charge in [0.1, 0.15) is 0 Å². The molecule has 4 rings (SSSR count). The van der Waals surface area contributed by atoms with Gasteiger partial charge in [0.15, 0.2) is 0 Å². The summed E-state index contributed by atoms with van der Waals surface area (Å²) in [5.41, 5.74) is 3.41. The summed E-state index contributed by atoms with van der Waals surface area (Å²) in [6, 6.07) is 2.13. The Balaban J connectivity index is 1.46. The maximum absolute atomic E-state index is 12.4. The normalized spacial score (nSPS) is 19.7. The lowest BCUT2D eigenvalue weighted by atomic mass is 10.2. The monoisotopic (exact) mass is 354 g/mol. The summed E-state index contributed by atoms with van der Waals surface area (Å²) in [4.78, 5) is 25.5. The lowest BCUT2D eigenvalue weighted by Gasteiger charge is -2.24. The molecule has 0 amide bonds. The van der Waals surface area contributed by atoms with Crippen molar-refractivity contribution >= 4 is 5.95 Å². The van der Waals surface area contributed by atoms with Gasteiger partial charge in [-0.3, -0.25) is 9.69 Å². The molecule has 1 unspecified atom stereocenters. The number of hydrogen-bond donors (Lipinski definition) is 0. The van der Waals surface area contributed by atoms with Gasteiger partial charge < -0.3 is 4.90 Å². The predicted molar refractivity (Wildman–Crippen MR) is 100 cm³/mol. The van der Waals surface area contributed by atoms with E-state index in [1.165, 1.54) is 0 Å². The zero-order valence-electron chi connectivity index (χ0n) is 15.6. The van der Waals surface area contributed by atoms with Crippen LogP contribution in [0, 0.1) is 0 Å². The number of fused-ring (bicyclic) bond motifs is 1. The molecule has 1 atom stereocenters. The Bertz CT molecular complexity index is 829. The van der Waals surface area contributed by atoms with E-state index in [0.29, 0.717) is 12.6 Å². The van der Waals surface area contributed by atoms with Crippen molar-refractivity contribution in [2.45, 2.75) is 51.2 Å². The molecule has 3 heterocycles. The number of anilines is 1. The molecule has 1 fully saturated rings. The molecule has 0 saturated carbocycles. The fourth-order valence-electron chi connectivity index (χ4n) is 3.97. The Labute approximate surface area is 153 Å². The first-order chi connectivity index (χ1) is 12.6. The molecule has 2 aliphatic rings. The highest BCUT2D eigenvalue weighted by Gasteiger charge is 2.26. The van der Waals surface area contributed by atoms with Crippen LogP contribution in [0.3, 0.4) is 0 Å². The number of aryl methyl sites for hydroxylation is 2. The smallest absolute Gasteiger partial charge is 0.267 e. The highest BCUT2D eigenvalue weighted by atomic mass is 16.1. The SMILES string of the molecule is CN(C)c1ncc(CN2CCCC2Cn2nc3c(cc2=O)CCC3)cn1. The van der Waals surface area contributed by atoms with Crippen LogP contribution in [0.4, 0.5) is 5.95 Å². The van der Waals surface area contributed by atoms with Gasteiger partial charge in [-0.05, 0) is 44.2 Å². The Morgan fingerprint density at radius 3 is 2.77 bits per heavy atom. The van der Waals surface area contributed by atoms with Crippen molar-refractivity contribution in [2.24, 2.45) is 0 Å². The molecule has 1 saturated heterocycles. The molecule has 2 aromatic rings. The third-order valence-electron chi connectivity index (χ3n) is 5.38. The molecule has 0 bridgehead atoms. The number of rotatable bonds is 5. The molecule has 7 nitrogen and oxygen atoms in total. The average Bonchev–Trinajstić information content (AvgIpc) is 3.25. The van der Waals surface area contributed by atoms with Gasteiger partial charge in [0.05, 0.1) is 12.2 Å². The first-order valence-electron chi connectivity index (χ1n) is 9.42. The van der Waals surface area contributed by atoms with Gasteiger partial charge in [-0.1, -0.05) is 0 Å². The Hall–Kier alpha value is -2.28. The predicted octanol–water partition coefficient (Wildman–Crippen LogP) is 1.25. The summed E-state index contributed by atoms with van der Waals surface area (Å²) in [6.45, 7) is 2.53. The van der Waals surface area contributed by atoms with Crippen molar-refractivity contribution in [1.29, 1.82) is 0 Å². The number of likely N-dealkylation sites (tertiary alicyclic amines) is 1. The fraction of sp³-hybridized carbons (Fsp3) is 0.579.